The number of methoxy groups -OCH3 is 1. The molecule has 2 nitrogen and oxygen atoms in total. The predicted molar refractivity (Wildman–Crippen MR) is 80.0 cm³/mol. The number of nitrogens with two attached hydrogens (primary N) is 1. The zero-order valence-electron chi connectivity index (χ0n) is 11.4. The van der Waals surface area contributed by atoms with Gasteiger partial charge in [0.2, 0.25) is 0 Å². The summed E-state index contributed by atoms with van der Waals surface area (Å²) in [7, 11) is 1.68. The Labute approximate surface area is 119 Å². The molecule has 0 aliphatic carbocycles. The van der Waals surface area contributed by atoms with Gasteiger partial charge in [0, 0.05) is 10.6 Å². The lowest BCUT2D eigenvalue weighted by Crippen LogP contribution is -2.14. The Morgan fingerprint density at radius 2 is 1.89 bits per heavy atom. The van der Waals surface area contributed by atoms with Gasteiger partial charge >= 0.3 is 0 Å². The number of rotatable bonds is 3. The van der Waals surface area contributed by atoms with E-state index in [9.17, 15) is 0 Å². The van der Waals surface area contributed by atoms with Crippen LogP contribution in [0.4, 0.5) is 0 Å². The molecule has 0 fully saturated rings. The maximum atomic E-state index is 6.34. The molecule has 0 saturated heterocycles. The molecule has 19 heavy (non-hydrogen) atoms. The molecule has 0 amide bonds. The van der Waals surface area contributed by atoms with Crippen molar-refractivity contribution < 1.29 is 4.74 Å². The fraction of sp³-hybridized carbons (Fsp3) is 0.250. The van der Waals surface area contributed by atoms with Crippen LogP contribution in [-0.2, 0) is 0 Å². The van der Waals surface area contributed by atoms with Crippen molar-refractivity contribution >= 4 is 11.6 Å². The summed E-state index contributed by atoms with van der Waals surface area (Å²) in [6.45, 7) is 4.11. The maximum Gasteiger partial charge on any atom is 0.127 e. The van der Waals surface area contributed by atoms with Crippen LogP contribution in [0.15, 0.2) is 36.4 Å². The minimum atomic E-state index is -0.243. The summed E-state index contributed by atoms with van der Waals surface area (Å²) in [5.74, 6) is 0.854. The van der Waals surface area contributed by atoms with Gasteiger partial charge in [0.1, 0.15) is 5.75 Å². The molecule has 2 aromatic carbocycles. The number of halogens is 1. The molecule has 1 atom stereocenters. The second-order valence-electron chi connectivity index (χ2n) is 4.66. The third-order valence-corrected chi connectivity index (χ3v) is 3.69. The van der Waals surface area contributed by atoms with Crippen molar-refractivity contribution in [2.75, 3.05) is 7.11 Å². The second kappa shape index (κ2) is 5.64. The monoisotopic (exact) mass is 275 g/mol. The van der Waals surface area contributed by atoms with Gasteiger partial charge in [-0.25, -0.2) is 0 Å². The number of benzene rings is 2. The van der Waals surface area contributed by atoms with Crippen LogP contribution >= 0.6 is 11.6 Å². The molecule has 0 bridgehead atoms. The Hall–Kier alpha value is -1.51. The summed E-state index contributed by atoms with van der Waals surface area (Å²) < 4.78 is 5.52. The molecule has 2 rings (SSSR count). The van der Waals surface area contributed by atoms with Gasteiger partial charge in [-0.05, 0) is 42.7 Å². The molecular weight excluding hydrogens is 258 g/mol. The minimum absolute atomic E-state index is 0.243. The molecule has 2 aromatic rings. The van der Waals surface area contributed by atoms with Crippen LogP contribution in [-0.4, -0.2) is 7.11 Å². The third-order valence-electron chi connectivity index (χ3n) is 3.45. The molecule has 0 radical (unpaired) electrons. The molecule has 0 aliphatic rings. The van der Waals surface area contributed by atoms with E-state index in [1.165, 1.54) is 5.56 Å². The highest BCUT2D eigenvalue weighted by molar-refractivity contribution is 6.30. The minimum Gasteiger partial charge on any atom is -0.496 e. The largest absolute Gasteiger partial charge is 0.496 e. The highest BCUT2D eigenvalue weighted by Crippen LogP contribution is 2.33. The van der Waals surface area contributed by atoms with Crippen LogP contribution in [0.1, 0.15) is 28.3 Å². The molecule has 1 unspecified atom stereocenters. The van der Waals surface area contributed by atoms with E-state index in [4.69, 9.17) is 22.1 Å². The number of ether oxygens (including phenoxy) is 1. The molecule has 100 valence electrons. The van der Waals surface area contributed by atoms with Gasteiger partial charge in [0.05, 0.1) is 13.2 Å². The van der Waals surface area contributed by atoms with Crippen molar-refractivity contribution in [2.24, 2.45) is 5.73 Å². The van der Waals surface area contributed by atoms with Crippen molar-refractivity contribution in [1.29, 1.82) is 0 Å². The fourth-order valence-corrected chi connectivity index (χ4v) is 2.41. The summed E-state index contributed by atoms with van der Waals surface area (Å²) in [6.07, 6.45) is 0. The van der Waals surface area contributed by atoms with E-state index < -0.39 is 0 Å². The lowest BCUT2D eigenvalue weighted by atomic mass is 9.95. The van der Waals surface area contributed by atoms with Crippen LogP contribution in [0.5, 0.6) is 5.75 Å². The molecule has 0 heterocycles. The molecular formula is C16H18ClNO. The molecule has 0 spiro atoms. The first-order chi connectivity index (χ1) is 9.04. The van der Waals surface area contributed by atoms with E-state index in [1.807, 2.05) is 37.3 Å². The zero-order valence-corrected chi connectivity index (χ0v) is 12.2. The van der Waals surface area contributed by atoms with Crippen molar-refractivity contribution in [3.8, 4) is 5.75 Å². The quantitative estimate of drug-likeness (QED) is 0.918. The standard InChI is InChI=1S/C16H18ClNO/c1-10-7-8-14(16(19-3)11(10)2)15(18)12-5-4-6-13(17)9-12/h4-9,15H,18H2,1-3H3. The van der Waals surface area contributed by atoms with Gasteiger partial charge in [-0.2, -0.15) is 0 Å². The summed E-state index contributed by atoms with van der Waals surface area (Å²) in [5.41, 5.74) is 10.6. The summed E-state index contributed by atoms with van der Waals surface area (Å²) in [6, 6.07) is 11.5. The molecule has 0 aliphatic heterocycles. The first-order valence-electron chi connectivity index (χ1n) is 6.19. The van der Waals surface area contributed by atoms with Crippen molar-refractivity contribution in [1.82, 2.24) is 0 Å². The smallest absolute Gasteiger partial charge is 0.127 e. The topological polar surface area (TPSA) is 35.2 Å². The Bertz CT molecular complexity index is 595. The SMILES string of the molecule is COc1c(C(N)c2cccc(Cl)c2)ccc(C)c1C. The Kier molecular flexibility index (Phi) is 4.13. The van der Waals surface area contributed by atoms with E-state index in [0.29, 0.717) is 5.02 Å². The summed E-state index contributed by atoms with van der Waals surface area (Å²) in [5, 5.41) is 0.691. The number of hydrogen-bond donors (Lipinski definition) is 1. The first-order valence-corrected chi connectivity index (χ1v) is 6.57. The van der Waals surface area contributed by atoms with Crippen LogP contribution in [0.25, 0.3) is 0 Å². The molecule has 0 aromatic heterocycles. The van der Waals surface area contributed by atoms with Gasteiger partial charge in [0.25, 0.3) is 0 Å². The van der Waals surface area contributed by atoms with Crippen molar-refractivity contribution in [2.45, 2.75) is 19.9 Å². The van der Waals surface area contributed by atoms with Gasteiger partial charge in [-0.3, -0.25) is 0 Å². The number of hydrogen-bond acceptors (Lipinski definition) is 2. The lowest BCUT2D eigenvalue weighted by molar-refractivity contribution is 0.404. The average molecular weight is 276 g/mol. The summed E-state index contributed by atoms with van der Waals surface area (Å²) in [4.78, 5) is 0. The van der Waals surface area contributed by atoms with Crippen LogP contribution in [0.3, 0.4) is 0 Å². The van der Waals surface area contributed by atoms with Gasteiger partial charge in [-0.1, -0.05) is 35.9 Å². The average Bonchev–Trinajstić information content (AvgIpc) is 2.41. The molecule has 2 N–H and O–H groups in total. The normalized spacial score (nSPS) is 12.3. The zero-order chi connectivity index (χ0) is 14.0. The Morgan fingerprint density at radius 1 is 1.16 bits per heavy atom. The van der Waals surface area contributed by atoms with Crippen LogP contribution in [0, 0.1) is 13.8 Å². The first kappa shape index (κ1) is 13.9. The lowest BCUT2D eigenvalue weighted by Gasteiger charge is -2.19. The van der Waals surface area contributed by atoms with Crippen LogP contribution in [0.2, 0.25) is 5.02 Å². The van der Waals surface area contributed by atoms with Crippen LogP contribution < -0.4 is 10.5 Å². The Balaban J connectivity index is 2.50. The second-order valence-corrected chi connectivity index (χ2v) is 5.10. The predicted octanol–water partition coefficient (Wildman–Crippen LogP) is 4.01. The van der Waals surface area contributed by atoms with E-state index in [1.54, 1.807) is 7.11 Å². The molecule has 3 heteroatoms. The third kappa shape index (κ3) is 2.75. The highest BCUT2D eigenvalue weighted by atomic mass is 35.5. The van der Waals surface area contributed by atoms with E-state index >= 15 is 0 Å². The van der Waals surface area contributed by atoms with Crippen molar-refractivity contribution in [3.05, 3.63) is 63.7 Å². The maximum absolute atomic E-state index is 6.34. The fourth-order valence-electron chi connectivity index (χ4n) is 2.21. The van der Waals surface area contributed by atoms with E-state index in [2.05, 4.69) is 13.0 Å². The number of aryl methyl sites for hydroxylation is 1. The summed E-state index contributed by atoms with van der Waals surface area (Å²) >= 11 is 6.02. The van der Waals surface area contributed by atoms with Crippen molar-refractivity contribution in [3.63, 3.8) is 0 Å². The molecule has 0 saturated carbocycles. The van der Waals surface area contributed by atoms with Gasteiger partial charge < -0.3 is 10.5 Å². The Morgan fingerprint density at radius 3 is 2.53 bits per heavy atom. The van der Waals surface area contributed by atoms with Gasteiger partial charge in [-0.15, -0.1) is 0 Å². The highest BCUT2D eigenvalue weighted by Gasteiger charge is 2.16. The van der Waals surface area contributed by atoms with E-state index in [0.717, 1.165) is 22.4 Å². The van der Waals surface area contributed by atoms with E-state index in [-0.39, 0.29) is 6.04 Å². The van der Waals surface area contributed by atoms with Gasteiger partial charge in [0.15, 0.2) is 0 Å².